The molecule has 10 unspecified atom stereocenters. The standard InChI is InChI=1S/C34H42N4O6/c35-16-27-29(39)33(42-18-20-10-12-22-6-2-4-8-24(22)14-20)28(38)34(43-27)44-32-26(37)15-25(36)31(30(32)40)41-17-19-9-11-21-5-1-3-7-23(21)13-19/h1-14,25-34,39-40H,15-18,35-38H2. The smallest absolute Gasteiger partial charge is 0.176 e. The van der Waals surface area contributed by atoms with E-state index in [1.54, 1.807) is 0 Å². The van der Waals surface area contributed by atoms with Gasteiger partial charge in [-0.25, -0.2) is 0 Å². The number of ether oxygens (including phenoxy) is 4. The first-order chi connectivity index (χ1) is 21.3. The van der Waals surface area contributed by atoms with Crippen LogP contribution in [-0.4, -0.2) is 77.8 Å². The minimum atomic E-state index is -1.15. The molecule has 0 spiro atoms. The third kappa shape index (κ3) is 6.51. The second-order valence-electron chi connectivity index (χ2n) is 11.9. The lowest BCUT2D eigenvalue weighted by Crippen LogP contribution is -2.68. The van der Waals surface area contributed by atoms with E-state index in [0.29, 0.717) is 6.42 Å². The lowest BCUT2D eigenvalue weighted by atomic mass is 9.84. The maximum absolute atomic E-state index is 11.4. The van der Waals surface area contributed by atoms with Crippen molar-refractivity contribution >= 4 is 21.5 Å². The van der Waals surface area contributed by atoms with Crippen molar-refractivity contribution in [2.75, 3.05) is 6.54 Å². The Hall–Kier alpha value is -3.00. The minimum absolute atomic E-state index is 0.0191. The predicted molar refractivity (Wildman–Crippen MR) is 168 cm³/mol. The Balaban J connectivity index is 1.13. The van der Waals surface area contributed by atoms with Crippen molar-refractivity contribution < 1.29 is 29.2 Å². The average Bonchev–Trinajstić information content (AvgIpc) is 3.03. The molecule has 1 heterocycles. The molecule has 1 saturated carbocycles. The molecule has 4 aromatic carbocycles. The van der Waals surface area contributed by atoms with Crippen LogP contribution >= 0.6 is 0 Å². The molecule has 10 heteroatoms. The quantitative estimate of drug-likeness (QED) is 0.165. The van der Waals surface area contributed by atoms with Gasteiger partial charge in [0.25, 0.3) is 0 Å². The topological polar surface area (TPSA) is 181 Å². The third-order valence-electron chi connectivity index (χ3n) is 8.82. The summed E-state index contributed by atoms with van der Waals surface area (Å²) in [5.74, 6) is 0. The van der Waals surface area contributed by atoms with Gasteiger partial charge >= 0.3 is 0 Å². The van der Waals surface area contributed by atoms with Crippen molar-refractivity contribution in [2.24, 2.45) is 22.9 Å². The van der Waals surface area contributed by atoms with Crippen LogP contribution in [0.5, 0.6) is 0 Å². The molecule has 6 rings (SSSR count). The molecule has 10 atom stereocenters. The number of fused-ring (bicyclic) bond motifs is 2. The Morgan fingerprint density at radius 2 is 1.18 bits per heavy atom. The Morgan fingerprint density at radius 3 is 1.75 bits per heavy atom. The van der Waals surface area contributed by atoms with Gasteiger partial charge < -0.3 is 52.1 Å². The van der Waals surface area contributed by atoms with Gasteiger partial charge in [0.1, 0.15) is 36.6 Å². The van der Waals surface area contributed by atoms with Gasteiger partial charge in [0.2, 0.25) is 0 Å². The van der Waals surface area contributed by atoms with E-state index in [4.69, 9.17) is 41.9 Å². The van der Waals surface area contributed by atoms with E-state index >= 15 is 0 Å². The minimum Gasteiger partial charge on any atom is -0.388 e. The van der Waals surface area contributed by atoms with Crippen LogP contribution in [0.1, 0.15) is 17.5 Å². The van der Waals surface area contributed by atoms with Gasteiger partial charge in [-0.2, -0.15) is 0 Å². The molecule has 44 heavy (non-hydrogen) atoms. The summed E-state index contributed by atoms with van der Waals surface area (Å²) < 4.78 is 24.6. The van der Waals surface area contributed by atoms with Crippen molar-refractivity contribution in [3.05, 3.63) is 96.1 Å². The molecule has 4 aromatic rings. The van der Waals surface area contributed by atoms with Gasteiger partial charge in [0.15, 0.2) is 6.29 Å². The fourth-order valence-corrected chi connectivity index (χ4v) is 6.34. The zero-order valence-electron chi connectivity index (χ0n) is 24.5. The fourth-order valence-electron chi connectivity index (χ4n) is 6.34. The second kappa shape index (κ2) is 13.6. The van der Waals surface area contributed by atoms with Gasteiger partial charge in [0.05, 0.1) is 19.3 Å². The summed E-state index contributed by atoms with van der Waals surface area (Å²) in [6.07, 6.45) is -6.17. The van der Waals surface area contributed by atoms with Crippen molar-refractivity contribution in [1.29, 1.82) is 0 Å². The van der Waals surface area contributed by atoms with Crippen molar-refractivity contribution in [3.63, 3.8) is 0 Å². The monoisotopic (exact) mass is 602 g/mol. The molecule has 0 aromatic heterocycles. The molecule has 1 aliphatic heterocycles. The summed E-state index contributed by atoms with van der Waals surface area (Å²) in [7, 11) is 0. The first kappa shape index (κ1) is 31.0. The summed E-state index contributed by atoms with van der Waals surface area (Å²) >= 11 is 0. The fraction of sp³-hybridized carbons (Fsp3) is 0.412. The zero-order chi connectivity index (χ0) is 30.8. The summed E-state index contributed by atoms with van der Waals surface area (Å²) in [4.78, 5) is 0. The molecule has 2 fully saturated rings. The zero-order valence-corrected chi connectivity index (χ0v) is 24.5. The molecule has 0 bridgehead atoms. The summed E-state index contributed by atoms with van der Waals surface area (Å²) in [5, 5.41) is 26.9. The molecule has 10 N–H and O–H groups in total. The van der Waals surface area contributed by atoms with Crippen LogP contribution < -0.4 is 22.9 Å². The number of benzene rings is 4. The number of rotatable bonds is 9. The Bertz CT molecular complexity index is 1560. The van der Waals surface area contributed by atoms with E-state index in [2.05, 4.69) is 12.1 Å². The Labute approximate surface area is 256 Å². The highest BCUT2D eigenvalue weighted by Crippen LogP contribution is 2.30. The first-order valence-corrected chi connectivity index (χ1v) is 15.1. The normalized spacial score (nSPS) is 32.7. The SMILES string of the molecule is NCC1OC(OC2C(N)CC(N)C(OCc3ccc4ccccc4c3)C2O)C(N)C(OCc2ccc3ccccc3c2)C1O. The maximum atomic E-state index is 11.4. The number of aliphatic hydroxyl groups excluding tert-OH is 2. The molecule has 0 radical (unpaired) electrons. The van der Waals surface area contributed by atoms with Crippen molar-refractivity contribution in [2.45, 2.75) is 80.7 Å². The maximum Gasteiger partial charge on any atom is 0.176 e. The average molecular weight is 603 g/mol. The van der Waals surface area contributed by atoms with Crippen LogP contribution in [0.4, 0.5) is 0 Å². The Morgan fingerprint density at radius 1 is 0.659 bits per heavy atom. The molecule has 10 nitrogen and oxygen atoms in total. The van der Waals surface area contributed by atoms with Gasteiger partial charge in [-0.05, 0) is 51.2 Å². The van der Waals surface area contributed by atoms with Crippen LogP contribution in [0, 0.1) is 0 Å². The van der Waals surface area contributed by atoms with E-state index in [0.717, 1.165) is 32.7 Å². The molecule has 234 valence electrons. The van der Waals surface area contributed by atoms with Crippen LogP contribution in [0.3, 0.4) is 0 Å². The molecule has 1 saturated heterocycles. The van der Waals surface area contributed by atoms with E-state index in [9.17, 15) is 10.2 Å². The molecular weight excluding hydrogens is 560 g/mol. The van der Waals surface area contributed by atoms with Crippen LogP contribution in [0.2, 0.25) is 0 Å². The van der Waals surface area contributed by atoms with E-state index < -0.39 is 61.0 Å². The van der Waals surface area contributed by atoms with E-state index in [-0.39, 0.29) is 19.8 Å². The molecule has 1 aliphatic carbocycles. The summed E-state index contributed by atoms with van der Waals surface area (Å²) in [6.45, 7) is 0.494. The van der Waals surface area contributed by atoms with Gasteiger partial charge in [-0.1, -0.05) is 72.8 Å². The predicted octanol–water partition coefficient (Wildman–Crippen LogP) is 1.64. The first-order valence-electron chi connectivity index (χ1n) is 15.1. The number of nitrogens with two attached hydrogens (primary N) is 4. The van der Waals surface area contributed by atoms with Gasteiger partial charge in [0, 0.05) is 18.6 Å². The summed E-state index contributed by atoms with van der Waals surface area (Å²) in [6, 6.07) is 26.3. The number of aliphatic hydroxyl groups is 2. The third-order valence-corrected chi connectivity index (χ3v) is 8.82. The number of hydrogen-bond donors (Lipinski definition) is 6. The van der Waals surface area contributed by atoms with E-state index in [1.165, 1.54) is 0 Å². The van der Waals surface area contributed by atoms with Crippen LogP contribution in [-0.2, 0) is 32.2 Å². The van der Waals surface area contributed by atoms with Crippen molar-refractivity contribution in [3.8, 4) is 0 Å². The molecule has 2 aliphatic rings. The highest BCUT2D eigenvalue weighted by Gasteiger charge is 2.49. The van der Waals surface area contributed by atoms with Crippen LogP contribution in [0.25, 0.3) is 21.5 Å². The van der Waals surface area contributed by atoms with E-state index in [1.807, 2.05) is 72.8 Å². The lowest BCUT2D eigenvalue weighted by Gasteiger charge is -2.47. The van der Waals surface area contributed by atoms with Crippen LogP contribution in [0.15, 0.2) is 84.9 Å². The van der Waals surface area contributed by atoms with Gasteiger partial charge in [-0.3, -0.25) is 0 Å². The highest BCUT2D eigenvalue weighted by atomic mass is 16.7. The lowest BCUT2D eigenvalue weighted by molar-refractivity contribution is -0.295. The van der Waals surface area contributed by atoms with Crippen molar-refractivity contribution in [1.82, 2.24) is 0 Å². The molecule has 0 amide bonds. The van der Waals surface area contributed by atoms with Gasteiger partial charge in [-0.15, -0.1) is 0 Å². The highest BCUT2D eigenvalue weighted by molar-refractivity contribution is 5.83. The number of hydrogen-bond acceptors (Lipinski definition) is 10. The summed E-state index contributed by atoms with van der Waals surface area (Å²) in [5.41, 5.74) is 27.3. The largest absolute Gasteiger partial charge is 0.388 e. The second-order valence-corrected chi connectivity index (χ2v) is 11.9. The molecular formula is C34H42N4O6. The Kier molecular flexibility index (Phi) is 9.55.